The van der Waals surface area contributed by atoms with Gasteiger partial charge in [0.05, 0.1) is 10.7 Å². The van der Waals surface area contributed by atoms with Crippen LogP contribution in [0.2, 0.25) is 5.02 Å². The summed E-state index contributed by atoms with van der Waals surface area (Å²) in [4.78, 5) is 4.40. The molecule has 128 valence electrons. The van der Waals surface area contributed by atoms with E-state index >= 15 is 0 Å². The van der Waals surface area contributed by atoms with Crippen molar-refractivity contribution in [2.45, 2.75) is 32.6 Å². The largest absolute Gasteiger partial charge is 0.255 e. The standard InChI is InChI=1S/C22H21ClFN/c1-2-3-16-4-6-17(7-5-16)8-9-18-10-13-22(25-15-18)19-11-12-20(23)21(24)14-19/h2-3,10-17H,4-7H2,1H3/t16-,17-. The maximum Gasteiger partial charge on any atom is 0.142 e. The maximum atomic E-state index is 13.6. The lowest BCUT2D eigenvalue weighted by molar-refractivity contribution is 0.364. The highest BCUT2D eigenvalue weighted by Crippen LogP contribution is 2.29. The first kappa shape index (κ1) is 17.7. The zero-order valence-corrected chi connectivity index (χ0v) is 15.1. The van der Waals surface area contributed by atoms with Gasteiger partial charge in [-0.1, -0.05) is 41.7 Å². The van der Waals surface area contributed by atoms with Crippen LogP contribution in [0.1, 0.15) is 38.2 Å². The van der Waals surface area contributed by atoms with Crippen LogP contribution in [0.25, 0.3) is 11.3 Å². The minimum absolute atomic E-state index is 0.121. The average Bonchev–Trinajstić information content (AvgIpc) is 2.64. The Labute approximate surface area is 153 Å². The molecule has 0 aliphatic heterocycles. The van der Waals surface area contributed by atoms with E-state index in [1.165, 1.54) is 18.9 Å². The lowest BCUT2D eigenvalue weighted by atomic mass is 9.82. The molecule has 3 rings (SSSR count). The number of hydrogen-bond acceptors (Lipinski definition) is 1. The summed E-state index contributed by atoms with van der Waals surface area (Å²) in [6.07, 6.45) is 11.0. The van der Waals surface area contributed by atoms with Crippen molar-refractivity contribution in [1.29, 1.82) is 0 Å². The van der Waals surface area contributed by atoms with Crippen LogP contribution < -0.4 is 0 Å². The zero-order chi connectivity index (χ0) is 17.6. The van der Waals surface area contributed by atoms with E-state index in [0.29, 0.717) is 17.2 Å². The van der Waals surface area contributed by atoms with Crippen molar-refractivity contribution in [1.82, 2.24) is 4.98 Å². The smallest absolute Gasteiger partial charge is 0.142 e. The second-order valence-corrected chi connectivity index (χ2v) is 6.88. The molecule has 0 unspecified atom stereocenters. The Kier molecular flexibility index (Phi) is 5.89. The summed E-state index contributed by atoms with van der Waals surface area (Å²) in [6, 6.07) is 8.52. The third-order valence-electron chi connectivity index (χ3n) is 4.64. The molecule has 0 saturated heterocycles. The fourth-order valence-electron chi connectivity index (χ4n) is 3.21. The van der Waals surface area contributed by atoms with Crippen molar-refractivity contribution >= 4 is 11.6 Å². The molecule has 1 aliphatic rings. The molecule has 3 heteroatoms. The summed E-state index contributed by atoms with van der Waals surface area (Å²) in [5.74, 6) is 7.39. The number of benzene rings is 1. The van der Waals surface area contributed by atoms with Gasteiger partial charge in [0.15, 0.2) is 0 Å². The van der Waals surface area contributed by atoms with Crippen LogP contribution in [0.5, 0.6) is 0 Å². The van der Waals surface area contributed by atoms with Gasteiger partial charge >= 0.3 is 0 Å². The first-order chi connectivity index (χ1) is 12.2. The molecule has 25 heavy (non-hydrogen) atoms. The van der Waals surface area contributed by atoms with Crippen molar-refractivity contribution in [3.8, 4) is 23.1 Å². The SMILES string of the molecule is CC=C[C@H]1CC[C@H](C#Cc2ccc(-c3ccc(Cl)c(F)c3)nc2)CC1. The van der Waals surface area contributed by atoms with Crippen molar-refractivity contribution in [2.75, 3.05) is 0 Å². The monoisotopic (exact) mass is 353 g/mol. The van der Waals surface area contributed by atoms with Crippen LogP contribution in [0.4, 0.5) is 4.39 Å². The molecule has 1 aliphatic carbocycles. The third kappa shape index (κ3) is 4.71. The molecule has 1 heterocycles. The van der Waals surface area contributed by atoms with Crippen LogP contribution in [-0.4, -0.2) is 4.98 Å². The van der Waals surface area contributed by atoms with E-state index in [1.807, 2.05) is 12.1 Å². The predicted molar refractivity (Wildman–Crippen MR) is 102 cm³/mol. The molecule has 2 aromatic rings. The molecule has 0 atom stereocenters. The van der Waals surface area contributed by atoms with Gasteiger partial charge in [0.25, 0.3) is 0 Å². The Morgan fingerprint density at radius 1 is 1.16 bits per heavy atom. The first-order valence-corrected chi connectivity index (χ1v) is 9.09. The van der Waals surface area contributed by atoms with Crippen LogP contribution in [0, 0.1) is 29.5 Å². The van der Waals surface area contributed by atoms with Gasteiger partial charge in [0, 0.05) is 23.2 Å². The first-order valence-electron chi connectivity index (χ1n) is 8.71. The Balaban J connectivity index is 1.65. The average molecular weight is 354 g/mol. The molecule has 0 spiro atoms. The molecule has 1 fully saturated rings. The second-order valence-electron chi connectivity index (χ2n) is 6.47. The van der Waals surface area contributed by atoms with Gasteiger partial charge in [0.2, 0.25) is 0 Å². The number of allylic oxidation sites excluding steroid dienone is 2. The third-order valence-corrected chi connectivity index (χ3v) is 4.94. The highest BCUT2D eigenvalue weighted by atomic mass is 35.5. The number of hydrogen-bond donors (Lipinski definition) is 0. The number of halogens is 2. The van der Waals surface area contributed by atoms with Crippen LogP contribution in [0.3, 0.4) is 0 Å². The molecule has 0 radical (unpaired) electrons. The highest BCUT2D eigenvalue weighted by Gasteiger charge is 2.17. The van der Waals surface area contributed by atoms with Gasteiger partial charge in [-0.05, 0) is 62.8 Å². The van der Waals surface area contributed by atoms with E-state index in [4.69, 9.17) is 11.6 Å². The molecule has 0 N–H and O–H groups in total. The Morgan fingerprint density at radius 3 is 2.60 bits per heavy atom. The summed E-state index contributed by atoms with van der Waals surface area (Å²) in [5.41, 5.74) is 2.32. The molecule has 1 saturated carbocycles. The Hall–Kier alpha value is -2.11. The molecule has 1 nitrogen and oxygen atoms in total. The van der Waals surface area contributed by atoms with Gasteiger partial charge in [-0.2, -0.15) is 0 Å². The Morgan fingerprint density at radius 2 is 1.96 bits per heavy atom. The van der Waals surface area contributed by atoms with Crippen molar-refractivity contribution in [3.63, 3.8) is 0 Å². The van der Waals surface area contributed by atoms with Crippen LogP contribution >= 0.6 is 11.6 Å². The lowest BCUT2D eigenvalue weighted by Crippen LogP contribution is -2.11. The quantitative estimate of drug-likeness (QED) is 0.457. The Bertz CT molecular complexity index is 806. The van der Waals surface area contributed by atoms with Gasteiger partial charge in [0.1, 0.15) is 5.82 Å². The van der Waals surface area contributed by atoms with Gasteiger partial charge < -0.3 is 0 Å². The van der Waals surface area contributed by atoms with Crippen molar-refractivity contribution in [2.24, 2.45) is 11.8 Å². The van der Waals surface area contributed by atoms with Gasteiger partial charge in [-0.25, -0.2) is 4.39 Å². The topological polar surface area (TPSA) is 12.9 Å². The van der Waals surface area contributed by atoms with E-state index in [-0.39, 0.29) is 5.02 Å². The minimum Gasteiger partial charge on any atom is -0.255 e. The maximum absolute atomic E-state index is 13.6. The summed E-state index contributed by atoms with van der Waals surface area (Å²) >= 11 is 5.72. The van der Waals surface area contributed by atoms with E-state index in [0.717, 1.165) is 24.3 Å². The molecular weight excluding hydrogens is 333 g/mol. The van der Waals surface area contributed by atoms with E-state index < -0.39 is 5.82 Å². The number of nitrogens with zero attached hydrogens (tertiary/aromatic N) is 1. The number of pyridine rings is 1. The fourth-order valence-corrected chi connectivity index (χ4v) is 3.33. The number of rotatable bonds is 2. The number of aromatic nitrogens is 1. The summed E-state index contributed by atoms with van der Waals surface area (Å²) in [6.45, 7) is 2.08. The molecule has 1 aromatic heterocycles. The van der Waals surface area contributed by atoms with Crippen molar-refractivity contribution < 1.29 is 4.39 Å². The van der Waals surface area contributed by atoms with Crippen LogP contribution in [0.15, 0.2) is 48.7 Å². The van der Waals surface area contributed by atoms with E-state index in [2.05, 4.69) is 35.9 Å². The van der Waals surface area contributed by atoms with Crippen LogP contribution in [-0.2, 0) is 0 Å². The highest BCUT2D eigenvalue weighted by molar-refractivity contribution is 6.30. The van der Waals surface area contributed by atoms with Crippen molar-refractivity contribution in [3.05, 3.63) is 65.1 Å². The van der Waals surface area contributed by atoms with Gasteiger partial charge in [-0.3, -0.25) is 4.98 Å². The van der Waals surface area contributed by atoms with E-state index in [1.54, 1.807) is 18.3 Å². The zero-order valence-electron chi connectivity index (χ0n) is 14.3. The summed E-state index contributed by atoms with van der Waals surface area (Å²) in [7, 11) is 0. The molecule has 0 amide bonds. The normalized spacial score (nSPS) is 20.3. The molecule has 1 aromatic carbocycles. The minimum atomic E-state index is -0.432. The summed E-state index contributed by atoms with van der Waals surface area (Å²) in [5, 5.41) is 0.121. The second kappa shape index (κ2) is 8.32. The predicted octanol–water partition coefficient (Wildman–Crippen LogP) is 6.28. The summed E-state index contributed by atoms with van der Waals surface area (Å²) < 4.78 is 13.6. The molecular formula is C22H21ClFN. The fraction of sp³-hybridized carbons (Fsp3) is 0.318. The molecule has 0 bridgehead atoms. The lowest BCUT2D eigenvalue weighted by Gasteiger charge is -2.22. The van der Waals surface area contributed by atoms with Gasteiger partial charge in [-0.15, -0.1) is 0 Å². The van der Waals surface area contributed by atoms with E-state index in [9.17, 15) is 4.39 Å².